The summed E-state index contributed by atoms with van der Waals surface area (Å²) in [5.41, 5.74) is -2.40. The Bertz CT molecular complexity index is 1400. The van der Waals surface area contributed by atoms with Gasteiger partial charge < -0.3 is 25.4 Å². The number of amides is 1. The van der Waals surface area contributed by atoms with E-state index in [4.69, 9.17) is 4.74 Å². The number of nitrogens with one attached hydrogen (secondary N) is 2. The fourth-order valence-electron chi connectivity index (χ4n) is 4.37. The van der Waals surface area contributed by atoms with Crippen molar-refractivity contribution in [1.82, 2.24) is 9.88 Å². The first-order valence-electron chi connectivity index (χ1n) is 11.2. The smallest absolute Gasteiger partial charge is 0.273 e. The molecule has 1 aliphatic rings. The number of aromatic hydroxyl groups is 1. The van der Waals surface area contributed by atoms with E-state index in [2.05, 4.69) is 15.6 Å². The van der Waals surface area contributed by atoms with Crippen LogP contribution in [0.25, 0.3) is 0 Å². The number of rotatable bonds is 7. The number of aryl methyl sites for hydroxylation is 1. The molecule has 0 bridgehead atoms. The van der Waals surface area contributed by atoms with Gasteiger partial charge in [0.2, 0.25) is 0 Å². The third-order valence-corrected chi connectivity index (χ3v) is 6.29. The molecule has 11 heteroatoms. The first-order valence-corrected chi connectivity index (χ1v) is 11.2. The second kappa shape index (κ2) is 8.98. The first-order chi connectivity index (χ1) is 16.8. The SMILES string of the molecule is Cc1cccnc1C(Nc1c(Nc2cccc(C(=O)N(C)C)c2O)c(=O)c1=O)C1(C)CC(F)(F)CO1. The van der Waals surface area contributed by atoms with Gasteiger partial charge in [0.15, 0.2) is 5.75 Å². The van der Waals surface area contributed by atoms with Gasteiger partial charge in [-0.1, -0.05) is 12.1 Å². The monoisotopic (exact) mass is 500 g/mol. The van der Waals surface area contributed by atoms with Crippen molar-refractivity contribution in [3.05, 3.63) is 73.8 Å². The Hall–Kier alpha value is -3.86. The maximum Gasteiger partial charge on any atom is 0.273 e. The van der Waals surface area contributed by atoms with Crippen LogP contribution in [-0.2, 0) is 4.74 Å². The topological polar surface area (TPSA) is 121 Å². The van der Waals surface area contributed by atoms with E-state index in [9.17, 15) is 28.3 Å². The molecule has 9 nitrogen and oxygen atoms in total. The van der Waals surface area contributed by atoms with Crippen LogP contribution in [0.15, 0.2) is 46.1 Å². The van der Waals surface area contributed by atoms with E-state index in [1.54, 1.807) is 19.1 Å². The number of ether oxygens (including phenoxy) is 1. The maximum absolute atomic E-state index is 14.2. The second-order valence-electron chi connectivity index (χ2n) is 9.35. The highest BCUT2D eigenvalue weighted by Gasteiger charge is 2.53. The molecule has 0 saturated carbocycles. The summed E-state index contributed by atoms with van der Waals surface area (Å²) in [6.07, 6.45) is 0.876. The second-order valence-corrected chi connectivity index (χ2v) is 9.35. The Morgan fingerprint density at radius 1 is 1.17 bits per heavy atom. The minimum absolute atomic E-state index is 0.00528. The normalized spacial score (nSPS) is 19.7. The molecule has 0 spiro atoms. The summed E-state index contributed by atoms with van der Waals surface area (Å²) < 4.78 is 33.9. The zero-order valence-electron chi connectivity index (χ0n) is 20.2. The number of carbonyl (C=O) groups excluding carboxylic acids is 1. The van der Waals surface area contributed by atoms with Gasteiger partial charge >= 0.3 is 0 Å². The van der Waals surface area contributed by atoms with Crippen LogP contribution in [0.2, 0.25) is 0 Å². The lowest BCUT2D eigenvalue weighted by atomic mass is 9.87. The molecule has 4 rings (SSSR count). The summed E-state index contributed by atoms with van der Waals surface area (Å²) in [7, 11) is 3.05. The average molecular weight is 501 g/mol. The number of pyridine rings is 1. The summed E-state index contributed by atoms with van der Waals surface area (Å²) >= 11 is 0. The number of benzene rings is 1. The Balaban J connectivity index is 1.72. The van der Waals surface area contributed by atoms with Crippen molar-refractivity contribution < 1.29 is 23.4 Å². The van der Waals surface area contributed by atoms with Gasteiger partial charge in [-0.25, -0.2) is 8.78 Å². The molecule has 2 aromatic carbocycles. The Kier molecular flexibility index (Phi) is 6.29. The number of carbonyl (C=O) groups is 1. The van der Waals surface area contributed by atoms with Crippen molar-refractivity contribution in [1.29, 1.82) is 0 Å². The van der Waals surface area contributed by atoms with Crippen LogP contribution in [0.3, 0.4) is 0 Å². The molecule has 2 unspecified atom stereocenters. The van der Waals surface area contributed by atoms with Gasteiger partial charge in [0.25, 0.3) is 22.7 Å². The molecule has 190 valence electrons. The molecule has 1 saturated heterocycles. The number of halogens is 2. The number of alkyl halides is 2. The molecule has 1 aromatic heterocycles. The molecule has 1 aliphatic heterocycles. The molecule has 3 aromatic rings. The van der Waals surface area contributed by atoms with Gasteiger partial charge in [-0.3, -0.25) is 19.4 Å². The molecule has 2 heterocycles. The van der Waals surface area contributed by atoms with Gasteiger partial charge in [-0.05, 0) is 37.6 Å². The molecular formula is C25H26F2N4O5. The summed E-state index contributed by atoms with van der Waals surface area (Å²) in [5.74, 6) is -3.94. The highest BCUT2D eigenvalue weighted by molar-refractivity contribution is 5.99. The quantitative estimate of drug-likeness (QED) is 0.334. The number of hydrogen-bond donors (Lipinski definition) is 3. The predicted molar refractivity (Wildman–Crippen MR) is 130 cm³/mol. The van der Waals surface area contributed by atoms with Gasteiger partial charge in [0.05, 0.1) is 28.6 Å². The summed E-state index contributed by atoms with van der Waals surface area (Å²) in [4.78, 5) is 43.0. The molecule has 36 heavy (non-hydrogen) atoms. The van der Waals surface area contributed by atoms with Crippen molar-refractivity contribution in [3.8, 4) is 5.75 Å². The van der Waals surface area contributed by atoms with Crippen molar-refractivity contribution in [2.45, 2.75) is 37.8 Å². The van der Waals surface area contributed by atoms with Crippen LogP contribution in [0, 0.1) is 6.92 Å². The van der Waals surface area contributed by atoms with Gasteiger partial charge in [-0.2, -0.15) is 0 Å². The molecule has 0 aliphatic carbocycles. The van der Waals surface area contributed by atoms with Crippen molar-refractivity contribution in [3.63, 3.8) is 0 Å². The van der Waals surface area contributed by atoms with Gasteiger partial charge in [0.1, 0.15) is 18.0 Å². The summed E-state index contributed by atoms with van der Waals surface area (Å²) in [6.45, 7) is 2.46. The number of phenolic OH excluding ortho intramolecular Hbond substituents is 1. The Morgan fingerprint density at radius 2 is 1.86 bits per heavy atom. The first kappa shape index (κ1) is 25.2. The molecule has 1 fully saturated rings. The standard InChI is InChI=1S/C25H26F2N4O5/c1-13-7-6-10-28-16(13)22(24(2)11-25(26,27)12-36-24)30-18-17(20(33)21(18)34)29-15-9-5-8-14(19(15)32)23(35)31(3)4/h5-10,22,29-30,32H,11-12H2,1-4H3. The van der Waals surface area contributed by atoms with E-state index in [1.807, 2.05) is 0 Å². The number of hydrogen-bond acceptors (Lipinski definition) is 8. The Morgan fingerprint density at radius 3 is 2.47 bits per heavy atom. The van der Waals surface area contributed by atoms with E-state index in [0.717, 1.165) is 0 Å². The number of nitrogens with zero attached hydrogens (tertiary/aromatic N) is 2. The highest BCUT2D eigenvalue weighted by Crippen LogP contribution is 2.46. The summed E-state index contributed by atoms with van der Waals surface area (Å²) in [5, 5.41) is 16.3. The van der Waals surface area contributed by atoms with Crippen molar-refractivity contribution in [2.24, 2.45) is 0 Å². The lowest BCUT2D eigenvalue weighted by Crippen LogP contribution is -2.44. The maximum atomic E-state index is 14.2. The van der Waals surface area contributed by atoms with Crippen LogP contribution in [0.4, 0.5) is 25.8 Å². The zero-order chi connectivity index (χ0) is 26.4. The fourth-order valence-corrected chi connectivity index (χ4v) is 4.37. The molecular weight excluding hydrogens is 474 g/mol. The number of para-hydroxylation sites is 1. The van der Waals surface area contributed by atoms with Crippen LogP contribution >= 0.6 is 0 Å². The van der Waals surface area contributed by atoms with Crippen LogP contribution in [0.1, 0.15) is 41.0 Å². The third kappa shape index (κ3) is 4.41. The molecule has 2 atom stereocenters. The third-order valence-electron chi connectivity index (χ3n) is 6.29. The largest absolute Gasteiger partial charge is 0.505 e. The summed E-state index contributed by atoms with van der Waals surface area (Å²) in [6, 6.07) is 6.81. The van der Waals surface area contributed by atoms with E-state index in [0.29, 0.717) is 11.3 Å². The average Bonchev–Trinajstić information content (AvgIpc) is 3.12. The van der Waals surface area contributed by atoms with Crippen LogP contribution < -0.4 is 21.5 Å². The predicted octanol–water partition coefficient (Wildman–Crippen LogP) is 3.10. The minimum Gasteiger partial charge on any atom is -0.505 e. The van der Waals surface area contributed by atoms with Gasteiger partial charge in [0, 0.05) is 26.7 Å². The molecule has 1 amide bonds. The highest BCUT2D eigenvalue weighted by atomic mass is 19.3. The van der Waals surface area contributed by atoms with Gasteiger partial charge in [-0.15, -0.1) is 0 Å². The fraction of sp³-hybridized carbons (Fsp3) is 0.360. The number of aromatic nitrogens is 1. The van der Waals surface area contributed by atoms with Crippen molar-refractivity contribution >= 4 is 23.0 Å². The van der Waals surface area contributed by atoms with Crippen molar-refractivity contribution in [2.75, 3.05) is 31.3 Å². The number of anilines is 3. The van der Waals surface area contributed by atoms with Crippen LogP contribution in [-0.4, -0.2) is 53.1 Å². The van der Waals surface area contributed by atoms with E-state index in [-0.39, 0.29) is 22.6 Å². The zero-order valence-corrected chi connectivity index (χ0v) is 20.2. The lowest BCUT2D eigenvalue weighted by molar-refractivity contribution is -0.0248. The van der Waals surface area contributed by atoms with E-state index in [1.165, 1.54) is 50.3 Å². The van der Waals surface area contributed by atoms with E-state index < -0.39 is 53.1 Å². The molecule has 0 radical (unpaired) electrons. The molecule has 3 N–H and O–H groups in total. The van der Waals surface area contributed by atoms with E-state index >= 15 is 0 Å². The lowest BCUT2D eigenvalue weighted by Gasteiger charge is -2.35. The van der Waals surface area contributed by atoms with Crippen LogP contribution in [0.5, 0.6) is 5.75 Å². The Labute approximate surface area is 205 Å². The number of phenols is 1. The minimum atomic E-state index is -3.07.